The Balaban J connectivity index is 0.00000157. The number of rotatable bonds is 1. The van der Waals surface area contributed by atoms with E-state index in [1.165, 1.54) is 16.8 Å². The van der Waals surface area contributed by atoms with Crippen LogP contribution in [0.1, 0.15) is 11.1 Å². The molecule has 0 spiro atoms. The van der Waals surface area contributed by atoms with Crippen LogP contribution < -0.4 is 0 Å². The maximum atomic E-state index is 5.70. The Morgan fingerprint density at radius 2 is 1.68 bits per heavy atom. The van der Waals surface area contributed by atoms with Gasteiger partial charge in [0.15, 0.2) is 0 Å². The average molecular weight is 504 g/mol. The van der Waals surface area contributed by atoms with Crippen LogP contribution in [0.4, 0.5) is 0 Å². The van der Waals surface area contributed by atoms with Crippen molar-refractivity contribution in [1.29, 1.82) is 0 Å². The molecule has 3 nitrogen and oxygen atoms in total. The summed E-state index contributed by atoms with van der Waals surface area (Å²) < 4.78 is 7.89. The van der Waals surface area contributed by atoms with Crippen molar-refractivity contribution in [1.82, 2.24) is 9.55 Å². The number of aryl methyl sites for hydroxylation is 2. The van der Waals surface area contributed by atoms with Crippen molar-refractivity contribution in [3.05, 3.63) is 72.2 Å². The fourth-order valence-electron chi connectivity index (χ4n) is 3.68. The van der Waals surface area contributed by atoms with Gasteiger partial charge in [-0.3, -0.25) is 0 Å². The molecule has 0 fully saturated rings. The summed E-state index contributed by atoms with van der Waals surface area (Å²) in [7, 11) is 0. The summed E-state index contributed by atoms with van der Waals surface area (Å²) in [5, 5.41) is 3.17. The molecule has 0 aliphatic heterocycles. The molecule has 0 saturated carbocycles. The van der Waals surface area contributed by atoms with E-state index in [0.29, 0.717) is 0 Å². The third kappa shape index (κ3) is 2.18. The minimum absolute atomic E-state index is 0. The molecule has 4 heteroatoms. The second kappa shape index (κ2) is 5.83. The van der Waals surface area contributed by atoms with Crippen LogP contribution in [0, 0.1) is 19.9 Å². The summed E-state index contributed by atoms with van der Waals surface area (Å²) >= 11 is 0. The van der Waals surface area contributed by atoms with Crippen LogP contribution in [0.15, 0.2) is 59.5 Å². The number of hydrogen-bond acceptors (Lipinski definition) is 2. The fourth-order valence-corrected chi connectivity index (χ4v) is 3.68. The first-order valence-electron chi connectivity index (χ1n) is 7.99. The summed E-state index contributed by atoms with van der Waals surface area (Å²) in [6, 6.07) is 17.9. The van der Waals surface area contributed by atoms with Gasteiger partial charge >= 0.3 is 0 Å². The van der Waals surface area contributed by atoms with E-state index in [0.717, 1.165) is 32.8 Å². The number of nitrogens with zero attached hydrogens (tertiary/aromatic N) is 2. The second-order valence-electron chi connectivity index (χ2n) is 6.18. The molecule has 125 valence electrons. The summed E-state index contributed by atoms with van der Waals surface area (Å²) in [6.45, 7) is 4.28. The molecule has 0 unspecified atom stereocenters. The topological polar surface area (TPSA) is 31.0 Å². The number of para-hydroxylation sites is 1. The molecule has 0 saturated heterocycles. The molecule has 2 heterocycles. The van der Waals surface area contributed by atoms with Crippen LogP contribution in [0.3, 0.4) is 0 Å². The van der Waals surface area contributed by atoms with Crippen LogP contribution >= 0.6 is 0 Å². The SMILES string of the molecule is Cc1cccc(C)c1-n1cnc2c3[c-]coc3c3ccccc3c21.[Ir]. The summed E-state index contributed by atoms with van der Waals surface area (Å²) in [4.78, 5) is 4.70. The molecule has 0 atom stereocenters. The standard InChI is InChI=1S/C21H15N2O.Ir/c1-13-6-5-7-14(2)19(13)23-12-22-18-17-10-11-24-21(17)16-9-4-3-8-15(16)20(18)23;/h3-9,11-12H,1-2H3;/q-1;. The fraction of sp³-hybridized carbons (Fsp3) is 0.0952. The summed E-state index contributed by atoms with van der Waals surface area (Å²) in [5.74, 6) is 0. The molecular weight excluding hydrogens is 488 g/mol. The second-order valence-corrected chi connectivity index (χ2v) is 6.18. The normalized spacial score (nSPS) is 11.3. The molecule has 5 rings (SSSR count). The Labute approximate surface area is 158 Å². The Morgan fingerprint density at radius 3 is 2.44 bits per heavy atom. The van der Waals surface area contributed by atoms with Gasteiger partial charge in [0, 0.05) is 37.5 Å². The van der Waals surface area contributed by atoms with E-state index in [4.69, 9.17) is 9.40 Å². The van der Waals surface area contributed by atoms with Crippen LogP contribution in [-0.2, 0) is 20.1 Å². The first-order chi connectivity index (χ1) is 11.8. The van der Waals surface area contributed by atoms with Crippen LogP contribution in [0.5, 0.6) is 0 Å². The zero-order valence-electron chi connectivity index (χ0n) is 13.8. The smallest absolute Gasteiger partial charge is 0.0855 e. The molecule has 1 radical (unpaired) electrons. The summed E-state index contributed by atoms with van der Waals surface area (Å²) in [5.41, 5.74) is 6.54. The van der Waals surface area contributed by atoms with E-state index in [2.05, 4.69) is 60.9 Å². The van der Waals surface area contributed by atoms with Crippen LogP contribution in [0.25, 0.3) is 38.5 Å². The molecule has 5 aromatic rings. The molecular formula is C21H15IrN2O-. The van der Waals surface area contributed by atoms with Gasteiger partial charge in [-0.1, -0.05) is 42.5 Å². The van der Waals surface area contributed by atoms with E-state index >= 15 is 0 Å². The van der Waals surface area contributed by atoms with Gasteiger partial charge in [0.1, 0.15) is 0 Å². The minimum atomic E-state index is 0. The molecule has 0 aliphatic rings. The number of imidazole rings is 1. The van der Waals surface area contributed by atoms with E-state index in [1.807, 2.05) is 12.4 Å². The summed E-state index contributed by atoms with van der Waals surface area (Å²) in [6.07, 6.45) is 3.53. The van der Waals surface area contributed by atoms with E-state index in [9.17, 15) is 0 Å². The monoisotopic (exact) mass is 504 g/mol. The maximum absolute atomic E-state index is 5.70. The zero-order valence-corrected chi connectivity index (χ0v) is 16.2. The number of benzene rings is 3. The van der Waals surface area contributed by atoms with Crippen molar-refractivity contribution in [3.63, 3.8) is 0 Å². The molecule has 0 bridgehead atoms. The van der Waals surface area contributed by atoms with Gasteiger partial charge in [-0.15, -0.1) is 11.5 Å². The van der Waals surface area contributed by atoms with E-state index in [1.54, 1.807) is 6.26 Å². The van der Waals surface area contributed by atoms with Gasteiger partial charge in [-0.05, 0) is 41.3 Å². The first kappa shape index (κ1) is 16.1. The van der Waals surface area contributed by atoms with Crippen LogP contribution in [-0.4, -0.2) is 9.55 Å². The Morgan fingerprint density at radius 1 is 0.960 bits per heavy atom. The predicted molar refractivity (Wildman–Crippen MR) is 96.7 cm³/mol. The van der Waals surface area contributed by atoms with Crippen molar-refractivity contribution in [3.8, 4) is 5.69 Å². The van der Waals surface area contributed by atoms with Crippen molar-refractivity contribution >= 4 is 32.8 Å². The maximum Gasteiger partial charge on any atom is 0.0855 e. The largest absolute Gasteiger partial charge is 0.535 e. The van der Waals surface area contributed by atoms with Crippen molar-refractivity contribution < 1.29 is 24.5 Å². The minimum Gasteiger partial charge on any atom is -0.535 e. The van der Waals surface area contributed by atoms with Gasteiger partial charge in [-0.2, -0.15) is 0 Å². The van der Waals surface area contributed by atoms with Crippen molar-refractivity contribution in [2.45, 2.75) is 13.8 Å². The number of fused-ring (bicyclic) bond motifs is 6. The Hall–Kier alpha value is -2.42. The number of hydrogen-bond donors (Lipinski definition) is 0. The molecule has 0 amide bonds. The Kier molecular flexibility index (Phi) is 3.75. The van der Waals surface area contributed by atoms with Gasteiger partial charge in [0.2, 0.25) is 0 Å². The van der Waals surface area contributed by atoms with Gasteiger partial charge in [-0.25, -0.2) is 0 Å². The quantitative estimate of drug-likeness (QED) is 0.289. The third-order valence-corrected chi connectivity index (χ3v) is 4.72. The van der Waals surface area contributed by atoms with Gasteiger partial charge < -0.3 is 14.0 Å². The number of aromatic nitrogens is 2. The van der Waals surface area contributed by atoms with Crippen molar-refractivity contribution in [2.75, 3.05) is 0 Å². The van der Waals surface area contributed by atoms with Gasteiger partial charge in [0.25, 0.3) is 0 Å². The molecule has 25 heavy (non-hydrogen) atoms. The van der Waals surface area contributed by atoms with Gasteiger partial charge in [0.05, 0.1) is 12.0 Å². The number of furan rings is 1. The Bertz CT molecular complexity index is 1210. The van der Waals surface area contributed by atoms with Crippen LogP contribution in [0.2, 0.25) is 0 Å². The molecule has 0 aliphatic carbocycles. The molecule has 2 aromatic heterocycles. The zero-order chi connectivity index (χ0) is 16.3. The molecule has 3 aromatic carbocycles. The van der Waals surface area contributed by atoms with E-state index < -0.39 is 0 Å². The first-order valence-corrected chi connectivity index (χ1v) is 7.99. The average Bonchev–Trinajstić information content (AvgIpc) is 3.22. The van der Waals surface area contributed by atoms with Crippen molar-refractivity contribution in [2.24, 2.45) is 0 Å². The predicted octanol–water partition coefficient (Wildman–Crippen LogP) is 5.34. The van der Waals surface area contributed by atoms with E-state index in [-0.39, 0.29) is 20.1 Å². The molecule has 0 N–H and O–H groups in total. The third-order valence-electron chi connectivity index (χ3n) is 4.72.